The first kappa shape index (κ1) is 12.3. The van der Waals surface area contributed by atoms with Crippen LogP contribution in [-0.2, 0) is 4.74 Å². The van der Waals surface area contributed by atoms with Crippen LogP contribution in [0.3, 0.4) is 0 Å². The van der Waals surface area contributed by atoms with E-state index in [1.807, 2.05) is 0 Å². The van der Waals surface area contributed by atoms with Crippen molar-refractivity contribution in [3.8, 4) is 0 Å². The minimum absolute atomic E-state index is 0.205. The molecule has 1 atom stereocenters. The van der Waals surface area contributed by atoms with Crippen molar-refractivity contribution in [3.05, 3.63) is 12.7 Å². The summed E-state index contributed by atoms with van der Waals surface area (Å²) in [6, 6.07) is 0. The van der Waals surface area contributed by atoms with Crippen LogP contribution in [0, 0.1) is 0 Å². The first-order valence-corrected chi connectivity index (χ1v) is 6.39. The molecule has 1 N–H and O–H groups in total. The van der Waals surface area contributed by atoms with Gasteiger partial charge in [-0.3, -0.25) is 0 Å². The Hall–Kier alpha value is -1.73. The molecule has 19 heavy (non-hydrogen) atoms. The highest BCUT2D eigenvalue weighted by Crippen LogP contribution is 2.21. The third-order valence-electron chi connectivity index (χ3n) is 3.21. The number of aromatic amines is 1. The van der Waals surface area contributed by atoms with Gasteiger partial charge in [0, 0.05) is 19.6 Å². The Bertz CT molecular complexity index is 554. The molecule has 0 aliphatic carbocycles. The molecular weight excluding hydrogens is 244 g/mol. The van der Waals surface area contributed by atoms with E-state index in [4.69, 9.17) is 4.74 Å². The van der Waals surface area contributed by atoms with Crippen LogP contribution in [0.25, 0.3) is 11.2 Å². The summed E-state index contributed by atoms with van der Waals surface area (Å²) < 4.78 is 5.78. The minimum atomic E-state index is 0.205. The van der Waals surface area contributed by atoms with Crippen molar-refractivity contribution in [2.24, 2.45) is 0 Å². The van der Waals surface area contributed by atoms with E-state index in [-0.39, 0.29) is 6.10 Å². The van der Waals surface area contributed by atoms with E-state index in [0.29, 0.717) is 5.65 Å². The maximum atomic E-state index is 5.78. The van der Waals surface area contributed by atoms with Gasteiger partial charge in [0.15, 0.2) is 11.5 Å². The maximum Gasteiger partial charge on any atom is 0.182 e. The van der Waals surface area contributed by atoms with Crippen molar-refractivity contribution >= 4 is 17.0 Å². The lowest BCUT2D eigenvalue weighted by Gasteiger charge is -2.34. The largest absolute Gasteiger partial charge is 0.373 e. The second-order valence-corrected chi connectivity index (χ2v) is 5.00. The molecule has 2 aromatic rings. The molecule has 1 unspecified atom stereocenters. The Morgan fingerprint density at radius 3 is 3.16 bits per heavy atom. The van der Waals surface area contributed by atoms with E-state index in [2.05, 4.69) is 43.8 Å². The van der Waals surface area contributed by atoms with Crippen molar-refractivity contribution in [3.63, 3.8) is 0 Å². The Kier molecular flexibility index (Phi) is 3.31. The SMILES string of the molecule is CN(C)CC1CN(c2ncnc3nc[nH]c23)CCO1. The summed E-state index contributed by atoms with van der Waals surface area (Å²) in [5, 5.41) is 0. The third-order valence-corrected chi connectivity index (χ3v) is 3.21. The van der Waals surface area contributed by atoms with E-state index in [1.165, 1.54) is 0 Å². The smallest absolute Gasteiger partial charge is 0.182 e. The lowest BCUT2D eigenvalue weighted by molar-refractivity contribution is 0.0246. The monoisotopic (exact) mass is 262 g/mol. The number of morpholine rings is 1. The van der Waals surface area contributed by atoms with Crippen molar-refractivity contribution in [2.45, 2.75) is 6.10 Å². The minimum Gasteiger partial charge on any atom is -0.373 e. The Morgan fingerprint density at radius 1 is 1.42 bits per heavy atom. The summed E-state index contributed by atoms with van der Waals surface area (Å²) in [7, 11) is 4.11. The van der Waals surface area contributed by atoms with Crippen LogP contribution in [0.5, 0.6) is 0 Å². The molecule has 1 aliphatic heterocycles. The van der Waals surface area contributed by atoms with E-state index in [0.717, 1.165) is 37.6 Å². The molecule has 7 heteroatoms. The number of fused-ring (bicyclic) bond motifs is 1. The molecule has 7 nitrogen and oxygen atoms in total. The number of rotatable bonds is 3. The van der Waals surface area contributed by atoms with E-state index < -0.39 is 0 Å². The van der Waals surface area contributed by atoms with E-state index in [1.54, 1.807) is 12.7 Å². The van der Waals surface area contributed by atoms with Gasteiger partial charge in [-0.25, -0.2) is 15.0 Å². The molecule has 1 saturated heterocycles. The number of anilines is 1. The van der Waals surface area contributed by atoms with Crippen molar-refractivity contribution < 1.29 is 4.74 Å². The highest BCUT2D eigenvalue weighted by Gasteiger charge is 2.23. The van der Waals surface area contributed by atoms with Crippen LogP contribution in [0.4, 0.5) is 5.82 Å². The predicted octanol–water partition coefficient (Wildman–Crippen LogP) is 0.120. The second-order valence-electron chi connectivity index (χ2n) is 5.00. The van der Waals surface area contributed by atoms with Gasteiger partial charge in [-0.15, -0.1) is 0 Å². The number of H-pyrrole nitrogens is 1. The average Bonchev–Trinajstić information content (AvgIpc) is 2.86. The van der Waals surface area contributed by atoms with E-state index >= 15 is 0 Å². The summed E-state index contributed by atoms with van der Waals surface area (Å²) in [4.78, 5) is 20.2. The van der Waals surface area contributed by atoms with Gasteiger partial charge in [-0.2, -0.15) is 0 Å². The summed E-state index contributed by atoms with van der Waals surface area (Å²) >= 11 is 0. The van der Waals surface area contributed by atoms with Crippen molar-refractivity contribution in [1.29, 1.82) is 0 Å². The topological polar surface area (TPSA) is 70.2 Å². The molecule has 0 radical (unpaired) electrons. The maximum absolute atomic E-state index is 5.78. The van der Waals surface area contributed by atoms with Gasteiger partial charge in [-0.1, -0.05) is 0 Å². The number of nitrogens with one attached hydrogen (secondary N) is 1. The molecule has 0 spiro atoms. The van der Waals surface area contributed by atoms with Crippen LogP contribution in [0.2, 0.25) is 0 Å². The fraction of sp³-hybridized carbons (Fsp3) is 0.583. The van der Waals surface area contributed by atoms with Gasteiger partial charge in [-0.05, 0) is 14.1 Å². The van der Waals surface area contributed by atoms with Gasteiger partial charge >= 0.3 is 0 Å². The standard InChI is InChI=1S/C12H18N6O/c1-17(2)5-9-6-18(3-4-19-9)12-10-11(14-7-13-10)15-8-16-12/h7-9H,3-6H2,1-2H3,(H,13,14,15,16). The molecule has 0 aromatic carbocycles. The molecule has 0 amide bonds. The average molecular weight is 262 g/mol. The molecule has 3 rings (SSSR count). The molecule has 102 valence electrons. The van der Waals surface area contributed by atoms with Crippen LogP contribution in [0.1, 0.15) is 0 Å². The third kappa shape index (κ3) is 2.52. The molecule has 1 fully saturated rings. The van der Waals surface area contributed by atoms with Gasteiger partial charge in [0.1, 0.15) is 11.8 Å². The number of hydrogen-bond donors (Lipinski definition) is 1. The number of ether oxygens (including phenoxy) is 1. The highest BCUT2D eigenvalue weighted by atomic mass is 16.5. The Morgan fingerprint density at radius 2 is 2.32 bits per heavy atom. The number of hydrogen-bond acceptors (Lipinski definition) is 6. The van der Waals surface area contributed by atoms with E-state index in [9.17, 15) is 0 Å². The van der Waals surface area contributed by atoms with Crippen LogP contribution in [0.15, 0.2) is 12.7 Å². The van der Waals surface area contributed by atoms with Crippen molar-refractivity contribution in [1.82, 2.24) is 24.8 Å². The lowest BCUT2D eigenvalue weighted by Crippen LogP contribution is -2.46. The summed E-state index contributed by atoms with van der Waals surface area (Å²) in [6.45, 7) is 3.31. The lowest BCUT2D eigenvalue weighted by atomic mass is 10.2. The molecule has 2 aromatic heterocycles. The fourth-order valence-electron chi connectivity index (χ4n) is 2.42. The highest BCUT2D eigenvalue weighted by molar-refractivity contribution is 5.82. The first-order valence-electron chi connectivity index (χ1n) is 6.39. The number of nitrogens with zero attached hydrogens (tertiary/aromatic N) is 5. The first-order chi connectivity index (χ1) is 9.24. The molecule has 0 saturated carbocycles. The Balaban J connectivity index is 1.83. The zero-order valence-corrected chi connectivity index (χ0v) is 11.2. The summed E-state index contributed by atoms with van der Waals surface area (Å²) in [5.41, 5.74) is 1.61. The molecule has 1 aliphatic rings. The van der Waals surface area contributed by atoms with Gasteiger partial charge < -0.3 is 19.5 Å². The van der Waals surface area contributed by atoms with Crippen molar-refractivity contribution in [2.75, 3.05) is 45.2 Å². The molecule has 0 bridgehead atoms. The van der Waals surface area contributed by atoms with Gasteiger partial charge in [0.2, 0.25) is 0 Å². The van der Waals surface area contributed by atoms with Crippen LogP contribution < -0.4 is 4.90 Å². The van der Waals surface area contributed by atoms with Crippen LogP contribution in [-0.4, -0.2) is 71.3 Å². The quantitative estimate of drug-likeness (QED) is 0.847. The summed E-state index contributed by atoms with van der Waals surface area (Å²) in [5.74, 6) is 0.912. The van der Waals surface area contributed by atoms with Gasteiger partial charge in [0.05, 0.1) is 19.0 Å². The second kappa shape index (κ2) is 5.10. The summed E-state index contributed by atoms with van der Waals surface area (Å²) in [6.07, 6.45) is 3.42. The number of aromatic nitrogens is 4. The predicted molar refractivity (Wildman–Crippen MR) is 72.2 cm³/mol. The molecular formula is C12H18N6O. The number of imidazole rings is 1. The normalized spacial score (nSPS) is 20.4. The fourth-order valence-corrected chi connectivity index (χ4v) is 2.42. The zero-order valence-electron chi connectivity index (χ0n) is 11.2. The Labute approximate surface area is 111 Å². The zero-order chi connectivity index (χ0) is 13.2. The molecule has 3 heterocycles. The van der Waals surface area contributed by atoms with Crippen LogP contribution >= 0.6 is 0 Å². The number of likely N-dealkylation sites (N-methyl/N-ethyl adjacent to an activating group) is 1. The van der Waals surface area contributed by atoms with Gasteiger partial charge in [0.25, 0.3) is 0 Å².